The summed E-state index contributed by atoms with van der Waals surface area (Å²) in [6.45, 7) is 1.39. The van der Waals surface area contributed by atoms with Crippen molar-refractivity contribution in [1.29, 1.82) is 0 Å². The Morgan fingerprint density at radius 3 is 2.86 bits per heavy atom. The summed E-state index contributed by atoms with van der Waals surface area (Å²) in [7, 11) is 0. The molecule has 0 fully saturated rings. The Hall–Kier alpha value is -2.54. The number of halogens is 2. The maximum Gasteiger partial charge on any atom is 0.248 e. The zero-order chi connectivity index (χ0) is 16.1. The molecule has 1 atom stereocenters. The average Bonchev–Trinajstić information content (AvgIpc) is 2.48. The summed E-state index contributed by atoms with van der Waals surface area (Å²) in [5.41, 5.74) is 0.486. The van der Waals surface area contributed by atoms with Crippen molar-refractivity contribution in [3.05, 3.63) is 53.7 Å². The number of rotatable bonds is 5. The second-order valence-electron chi connectivity index (χ2n) is 4.54. The van der Waals surface area contributed by atoms with Crippen molar-refractivity contribution in [3.8, 4) is 11.6 Å². The van der Waals surface area contributed by atoms with Gasteiger partial charge in [0.1, 0.15) is 11.9 Å². The SMILES string of the molecule is C[C@@H](O)C(=O)NCc1cccnc1Oc1ccc(F)cc1F. The molecule has 0 spiro atoms. The Balaban J connectivity index is 2.16. The molecule has 116 valence electrons. The van der Waals surface area contributed by atoms with Crippen LogP contribution in [0, 0.1) is 11.6 Å². The second kappa shape index (κ2) is 6.95. The minimum absolute atomic E-state index is 0.0513. The molecular weight excluding hydrogens is 294 g/mol. The molecule has 0 saturated carbocycles. The fourth-order valence-electron chi connectivity index (χ4n) is 1.64. The van der Waals surface area contributed by atoms with Gasteiger partial charge in [0.25, 0.3) is 0 Å². The van der Waals surface area contributed by atoms with Crippen LogP contribution in [0.3, 0.4) is 0 Å². The molecule has 0 radical (unpaired) electrons. The van der Waals surface area contributed by atoms with Crippen LogP contribution in [0.2, 0.25) is 0 Å². The highest BCUT2D eigenvalue weighted by molar-refractivity contribution is 5.79. The molecule has 0 unspecified atom stereocenters. The monoisotopic (exact) mass is 308 g/mol. The third kappa shape index (κ3) is 3.98. The van der Waals surface area contributed by atoms with Gasteiger partial charge in [-0.05, 0) is 25.1 Å². The lowest BCUT2D eigenvalue weighted by Crippen LogP contribution is -2.32. The van der Waals surface area contributed by atoms with E-state index < -0.39 is 23.6 Å². The lowest BCUT2D eigenvalue weighted by molar-refractivity contribution is -0.128. The van der Waals surface area contributed by atoms with Gasteiger partial charge >= 0.3 is 0 Å². The summed E-state index contributed by atoms with van der Waals surface area (Å²) in [5, 5.41) is 11.6. The van der Waals surface area contributed by atoms with Crippen molar-refractivity contribution >= 4 is 5.91 Å². The van der Waals surface area contributed by atoms with Crippen molar-refractivity contribution in [2.75, 3.05) is 0 Å². The molecule has 1 aromatic heterocycles. The molecule has 2 aromatic rings. The zero-order valence-corrected chi connectivity index (χ0v) is 11.7. The fourth-order valence-corrected chi connectivity index (χ4v) is 1.64. The minimum Gasteiger partial charge on any atom is -0.436 e. The van der Waals surface area contributed by atoms with Crippen molar-refractivity contribution in [1.82, 2.24) is 10.3 Å². The largest absolute Gasteiger partial charge is 0.436 e. The maximum absolute atomic E-state index is 13.6. The first-order valence-electron chi connectivity index (χ1n) is 6.50. The van der Waals surface area contributed by atoms with Gasteiger partial charge in [-0.3, -0.25) is 4.79 Å². The number of hydrogen-bond donors (Lipinski definition) is 2. The number of amides is 1. The summed E-state index contributed by atoms with van der Waals surface area (Å²) in [5.74, 6) is -2.22. The summed E-state index contributed by atoms with van der Waals surface area (Å²) in [6.07, 6.45) is 0.298. The maximum atomic E-state index is 13.6. The number of hydrogen-bond acceptors (Lipinski definition) is 4. The first-order valence-corrected chi connectivity index (χ1v) is 6.50. The van der Waals surface area contributed by atoms with E-state index in [9.17, 15) is 13.6 Å². The molecule has 2 rings (SSSR count). The van der Waals surface area contributed by atoms with Gasteiger partial charge in [-0.1, -0.05) is 6.07 Å². The quantitative estimate of drug-likeness (QED) is 0.888. The zero-order valence-electron chi connectivity index (χ0n) is 11.7. The van der Waals surface area contributed by atoms with Gasteiger partial charge in [-0.15, -0.1) is 0 Å². The Morgan fingerprint density at radius 2 is 2.18 bits per heavy atom. The van der Waals surface area contributed by atoms with E-state index in [1.165, 1.54) is 13.1 Å². The number of nitrogens with one attached hydrogen (secondary N) is 1. The van der Waals surface area contributed by atoms with Crippen LogP contribution in [0.25, 0.3) is 0 Å². The Bertz CT molecular complexity index is 678. The van der Waals surface area contributed by atoms with Crippen LogP contribution in [-0.4, -0.2) is 22.1 Å². The number of aliphatic hydroxyl groups excluding tert-OH is 1. The number of nitrogens with zero attached hydrogens (tertiary/aromatic N) is 1. The molecule has 0 bridgehead atoms. The lowest BCUT2D eigenvalue weighted by Gasteiger charge is -2.12. The molecular formula is C15H14F2N2O3. The van der Waals surface area contributed by atoms with Gasteiger partial charge in [0.15, 0.2) is 11.6 Å². The van der Waals surface area contributed by atoms with E-state index in [0.717, 1.165) is 12.1 Å². The van der Waals surface area contributed by atoms with Gasteiger partial charge in [0.2, 0.25) is 11.8 Å². The van der Waals surface area contributed by atoms with Crippen LogP contribution < -0.4 is 10.1 Å². The summed E-state index contributed by atoms with van der Waals surface area (Å²) >= 11 is 0. The fraction of sp³-hybridized carbons (Fsp3) is 0.200. The summed E-state index contributed by atoms with van der Waals surface area (Å²) in [4.78, 5) is 15.3. The van der Waals surface area contributed by atoms with Crippen LogP contribution in [0.15, 0.2) is 36.5 Å². The molecule has 0 saturated heterocycles. The van der Waals surface area contributed by atoms with E-state index in [2.05, 4.69) is 10.3 Å². The van der Waals surface area contributed by atoms with Crippen molar-refractivity contribution in [3.63, 3.8) is 0 Å². The number of benzene rings is 1. The van der Waals surface area contributed by atoms with Gasteiger partial charge < -0.3 is 15.2 Å². The number of carbonyl (C=O) groups excluding carboxylic acids is 1. The molecule has 1 heterocycles. The van der Waals surface area contributed by atoms with Crippen LogP contribution >= 0.6 is 0 Å². The van der Waals surface area contributed by atoms with Crippen LogP contribution in [0.4, 0.5) is 8.78 Å². The van der Waals surface area contributed by atoms with Crippen LogP contribution in [-0.2, 0) is 11.3 Å². The van der Waals surface area contributed by atoms with Gasteiger partial charge in [0.05, 0.1) is 0 Å². The third-order valence-electron chi connectivity index (χ3n) is 2.78. The molecule has 0 aliphatic heterocycles. The first kappa shape index (κ1) is 15.8. The molecule has 5 nitrogen and oxygen atoms in total. The van der Waals surface area contributed by atoms with Gasteiger partial charge in [-0.25, -0.2) is 13.8 Å². The first-order chi connectivity index (χ1) is 10.5. The highest BCUT2D eigenvalue weighted by Gasteiger charge is 2.13. The van der Waals surface area contributed by atoms with E-state index in [4.69, 9.17) is 9.84 Å². The Morgan fingerprint density at radius 1 is 1.41 bits per heavy atom. The van der Waals surface area contributed by atoms with E-state index in [-0.39, 0.29) is 18.2 Å². The molecule has 1 amide bonds. The molecule has 0 aliphatic rings. The predicted molar refractivity (Wildman–Crippen MR) is 74.2 cm³/mol. The number of aliphatic hydroxyl groups is 1. The topological polar surface area (TPSA) is 71.5 Å². The van der Waals surface area contributed by atoms with E-state index in [1.54, 1.807) is 12.1 Å². The molecule has 0 aliphatic carbocycles. The highest BCUT2D eigenvalue weighted by Crippen LogP contribution is 2.25. The van der Waals surface area contributed by atoms with Gasteiger partial charge in [0, 0.05) is 24.4 Å². The number of ether oxygens (including phenoxy) is 1. The normalized spacial score (nSPS) is 11.8. The third-order valence-corrected chi connectivity index (χ3v) is 2.78. The van der Waals surface area contributed by atoms with E-state index >= 15 is 0 Å². The number of carbonyl (C=O) groups is 1. The van der Waals surface area contributed by atoms with Crippen molar-refractivity contribution in [2.45, 2.75) is 19.6 Å². The summed E-state index contributed by atoms with van der Waals surface area (Å²) in [6, 6.07) is 6.17. The van der Waals surface area contributed by atoms with E-state index in [1.807, 2.05) is 0 Å². The highest BCUT2D eigenvalue weighted by atomic mass is 19.1. The molecule has 2 N–H and O–H groups in total. The average molecular weight is 308 g/mol. The summed E-state index contributed by atoms with van der Waals surface area (Å²) < 4.78 is 31.8. The Labute approximate surface area is 125 Å². The van der Waals surface area contributed by atoms with Crippen molar-refractivity contribution < 1.29 is 23.4 Å². The number of aromatic nitrogens is 1. The van der Waals surface area contributed by atoms with E-state index in [0.29, 0.717) is 11.6 Å². The standard InChI is InChI=1S/C15H14F2N2O3/c1-9(20)14(21)19-8-10-3-2-6-18-15(10)22-13-5-4-11(16)7-12(13)17/h2-7,9,20H,8H2,1H3,(H,19,21)/t9-/m1/s1. The molecule has 22 heavy (non-hydrogen) atoms. The number of pyridine rings is 1. The minimum atomic E-state index is -1.14. The molecule has 1 aromatic carbocycles. The Kier molecular flexibility index (Phi) is 5.00. The predicted octanol–water partition coefficient (Wildman–Crippen LogP) is 2.15. The lowest BCUT2D eigenvalue weighted by atomic mass is 10.2. The smallest absolute Gasteiger partial charge is 0.248 e. The second-order valence-corrected chi connectivity index (χ2v) is 4.54. The van der Waals surface area contributed by atoms with Crippen LogP contribution in [0.5, 0.6) is 11.6 Å². The van der Waals surface area contributed by atoms with Crippen molar-refractivity contribution in [2.24, 2.45) is 0 Å². The van der Waals surface area contributed by atoms with Crippen LogP contribution in [0.1, 0.15) is 12.5 Å². The van der Waals surface area contributed by atoms with Gasteiger partial charge in [-0.2, -0.15) is 0 Å². The molecule has 7 heteroatoms.